The SMILES string of the molecule is Cc1cn(C2CC(OP(=O)(O)Oc3cccc(NC(=O)CBr)c3)C(Cc3ccc(OP(=O)(O)O)cc3NC(=O)CBr)O2)c(=O)[nH]c1=O.[H-].[Na+]. The second-order valence-electron chi connectivity index (χ2n) is 10.0. The molecule has 1 fully saturated rings. The molecule has 2 heterocycles. The Morgan fingerprint density at radius 2 is 1.71 bits per heavy atom. The van der Waals surface area contributed by atoms with Crippen LogP contribution in [0, 0.1) is 6.92 Å². The zero-order valence-corrected chi connectivity index (χ0v) is 32.2. The van der Waals surface area contributed by atoms with Crippen molar-refractivity contribution in [2.24, 2.45) is 0 Å². The number of benzene rings is 2. The van der Waals surface area contributed by atoms with Gasteiger partial charge in [0, 0.05) is 48.1 Å². The predicted octanol–water partition coefficient (Wildman–Crippen LogP) is 0.195. The minimum Gasteiger partial charge on any atom is -1.00 e. The molecule has 4 rings (SSSR count). The number of H-pyrrole nitrogens is 1. The van der Waals surface area contributed by atoms with Gasteiger partial charge >= 0.3 is 50.9 Å². The summed E-state index contributed by atoms with van der Waals surface area (Å²) in [6, 6.07) is 9.48. The van der Waals surface area contributed by atoms with Crippen molar-refractivity contribution in [2.75, 3.05) is 21.3 Å². The van der Waals surface area contributed by atoms with Gasteiger partial charge in [-0.2, -0.15) is 0 Å². The Morgan fingerprint density at radius 3 is 2.38 bits per heavy atom. The minimum absolute atomic E-state index is 0. The second-order valence-corrected chi connectivity index (χ2v) is 13.7. The summed E-state index contributed by atoms with van der Waals surface area (Å²) < 4.78 is 47.3. The monoisotopic (exact) mass is 848 g/mol. The van der Waals surface area contributed by atoms with Gasteiger partial charge in [-0.15, -0.1) is 0 Å². The fourth-order valence-corrected chi connectivity index (χ4v) is 6.22. The number of carbonyl (C=O) groups excluding carboxylic acids is 2. The molecule has 17 nitrogen and oxygen atoms in total. The Kier molecular flexibility index (Phi) is 14.4. The molecule has 0 aliphatic carbocycles. The van der Waals surface area contributed by atoms with Gasteiger partial charge in [0.15, 0.2) is 0 Å². The molecule has 1 aromatic heterocycles. The Bertz CT molecular complexity index is 1880. The Balaban J connectivity index is 0.00000417. The average molecular weight is 850 g/mol. The molecule has 4 atom stereocenters. The summed E-state index contributed by atoms with van der Waals surface area (Å²) in [6.45, 7) is 1.47. The molecule has 22 heteroatoms. The third kappa shape index (κ3) is 11.5. The first-order valence-electron chi connectivity index (χ1n) is 13.4. The quantitative estimate of drug-likeness (QED) is 0.0766. The number of nitrogens with zero attached hydrogens (tertiary/aromatic N) is 1. The van der Waals surface area contributed by atoms with E-state index in [9.17, 15) is 43.0 Å². The van der Waals surface area contributed by atoms with E-state index in [0.717, 1.165) is 4.57 Å². The van der Waals surface area contributed by atoms with Gasteiger partial charge in [-0.3, -0.25) is 43.1 Å². The normalized spacial score (nSPS) is 18.7. The summed E-state index contributed by atoms with van der Waals surface area (Å²) in [5, 5.41) is 5.03. The van der Waals surface area contributed by atoms with Gasteiger partial charge in [-0.05, 0) is 30.7 Å². The van der Waals surface area contributed by atoms with E-state index in [1.165, 1.54) is 55.6 Å². The van der Waals surface area contributed by atoms with Crippen LogP contribution in [0.5, 0.6) is 11.5 Å². The van der Waals surface area contributed by atoms with Crippen LogP contribution in [0.15, 0.2) is 58.3 Å². The van der Waals surface area contributed by atoms with E-state index >= 15 is 0 Å². The van der Waals surface area contributed by atoms with Crippen molar-refractivity contribution in [3.8, 4) is 11.5 Å². The van der Waals surface area contributed by atoms with Crippen LogP contribution in [-0.4, -0.2) is 58.9 Å². The zero-order valence-electron chi connectivity index (χ0n) is 26.2. The molecule has 0 bridgehead atoms. The van der Waals surface area contributed by atoms with Gasteiger partial charge in [-0.1, -0.05) is 44.0 Å². The zero-order chi connectivity index (χ0) is 34.5. The predicted molar refractivity (Wildman–Crippen MR) is 175 cm³/mol. The fraction of sp³-hybridized carbons (Fsp3) is 0.308. The summed E-state index contributed by atoms with van der Waals surface area (Å²) >= 11 is 6.05. The molecule has 6 N–H and O–H groups in total. The van der Waals surface area contributed by atoms with E-state index in [1.807, 2.05) is 0 Å². The minimum atomic E-state index is -4.94. The number of hydrogen-bond acceptors (Lipinski definition) is 10. The van der Waals surface area contributed by atoms with Crippen molar-refractivity contribution >= 4 is 70.7 Å². The van der Waals surface area contributed by atoms with Gasteiger partial charge in [-0.25, -0.2) is 13.9 Å². The van der Waals surface area contributed by atoms with E-state index in [4.69, 9.17) is 13.8 Å². The number of nitrogens with one attached hydrogen (secondary N) is 3. The van der Waals surface area contributed by atoms with Crippen molar-refractivity contribution < 1.29 is 82.7 Å². The van der Waals surface area contributed by atoms with Crippen LogP contribution in [0.25, 0.3) is 0 Å². The Hall–Kier alpha value is -2.12. The molecule has 0 radical (unpaired) electrons. The maximum atomic E-state index is 13.3. The second kappa shape index (κ2) is 17.2. The fourth-order valence-electron chi connectivity index (χ4n) is 4.56. The molecule has 1 aliphatic heterocycles. The van der Waals surface area contributed by atoms with Gasteiger partial charge in [0.2, 0.25) is 11.8 Å². The third-order valence-corrected chi connectivity index (χ3v) is 8.93. The number of alkyl halides is 2. The number of aromatic amines is 1. The summed E-state index contributed by atoms with van der Waals surface area (Å²) in [5.74, 6) is -1.26. The molecule has 4 unspecified atom stereocenters. The number of anilines is 2. The number of amides is 2. The molecule has 1 saturated heterocycles. The van der Waals surface area contributed by atoms with Crippen molar-refractivity contribution in [1.82, 2.24) is 9.55 Å². The first kappa shape index (κ1) is 40.3. The van der Waals surface area contributed by atoms with Crippen molar-refractivity contribution in [1.29, 1.82) is 0 Å². The number of phosphoric acid groups is 2. The molecule has 2 aromatic carbocycles. The molecular weight excluding hydrogens is 821 g/mol. The first-order valence-corrected chi connectivity index (χ1v) is 18.7. The van der Waals surface area contributed by atoms with Crippen LogP contribution >= 0.6 is 47.5 Å². The van der Waals surface area contributed by atoms with Gasteiger partial charge in [0.1, 0.15) is 23.8 Å². The number of carbonyl (C=O) groups is 2. The topological polar surface area (TPSA) is 245 Å². The number of rotatable bonds is 13. The summed E-state index contributed by atoms with van der Waals surface area (Å²) in [6.07, 6.45) is -2.43. The summed E-state index contributed by atoms with van der Waals surface area (Å²) in [7, 11) is -9.86. The number of hydrogen-bond donors (Lipinski definition) is 6. The maximum Gasteiger partial charge on any atom is 1.00 e. The van der Waals surface area contributed by atoms with Crippen molar-refractivity contribution in [3.63, 3.8) is 0 Å². The molecule has 3 aromatic rings. The smallest absolute Gasteiger partial charge is 1.00 e. The summed E-state index contributed by atoms with van der Waals surface area (Å²) in [4.78, 5) is 80.0. The number of ether oxygens (including phenoxy) is 1. The van der Waals surface area contributed by atoms with Crippen LogP contribution in [-0.2, 0) is 34.4 Å². The molecule has 256 valence electrons. The number of aryl methyl sites for hydroxylation is 1. The third-order valence-electron chi connectivity index (χ3n) is 6.49. The molecule has 1 aliphatic rings. The van der Waals surface area contributed by atoms with E-state index in [-0.39, 0.29) is 88.8 Å². The average Bonchev–Trinajstić information content (AvgIpc) is 3.35. The number of halogens is 2. The Morgan fingerprint density at radius 1 is 1.04 bits per heavy atom. The van der Waals surface area contributed by atoms with Crippen LogP contribution in [0.4, 0.5) is 11.4 Å². The van der Waals surface area contributed by atoms with Crippen molar-refractivity contribution in [3.05, 3.63) is 80.6 Å². The molecular formula is C26H29Br2N4NaO13P2. The van der Waals surface area contributed by atoms with Crippen LogP contribution in [0.1, 0.15) is 25.2 Å². The number of aromatic nitrogens is 2. The Labute approximate surface area is 312 Å². The van der Waals surface area contributed by atoms with Gasteiger partial charge < -0.3 is 25.8 Å². The van der Waals surface area contributed by atoms with Gasteiger partial charge in [0.05, 0.1) is 16.8 Å². The molecule has 48 heavy (non-hydrogen) atoms. The van der Waals surface area contributed by atoms with E-state index in [2.05, 4.69) is 52.0 Å². The summed E-state index contributed by atoms with van der Waals surface area (Å²) in [5.41, 5.74) is -0.524. The largest absolute Gasteiger partial charge is 1.00 e. The van der Waals surface area contributed by atoms with Crippen LogP contribution in [0.3, 0.4) is 0 Å². The first-order chi connectivity index (χ1) is 22.1. The molecule has 0 saturated carbocycles. The van der Waals surface area contributed by atoms with E-state index in [1.54, 1.807) is 0 Å². The standard InChI is InChI=1S/C26H28Br2N4O13P2.Na.H/c1-14-13-32(26(36)31-25(14)35)24-10-21(45-47(40,41)44-17-4-2-3-16(8-17)29-22(33)11-27)20(42-24)7-15-5-6-18(43-46(37,38)39)9-19(15)30-23(34)12-28;;/h2-6,8-9,13,20-21,24H,7,10-12H2,1H3,(H,29,33)(H,30,34)(H,40,41)(H,31,35,36)(H2,37,38,39);;/q;+1;-1. The van der Waals surface area contributed by atoms with Crippen LogP contribution in [0.2, 0.25) is 0 Å². The maximum absolute atomic E-state index is 13.3. The molecule has 2 amide bonds. The number of phosphoric ester groups is 2. The van der Waals surface area contributed by atoms with E-state index < -0.39 is 51.2 Å². The van der Waals surface area contributed by atoms with E-state index in [0.29, 0.717) is 5.56 Å². The molecule has 0 spiro atoms. The van der Waals surface area contributed by atoms with Crippen molar-refractivity contribution in [2.45, 2.75) is 38.2 Å². The van der Waals surface area contributed by atoms with Crippen LogP contribution < -0.4 is 60.5 Å². The van der Waals surface area contributed by atoms with Gasteiger partial charge in [0.25, 0.3) is 5.56 Å².